The number of thiazole rings is 1. The molecule has 0 fully saturated rings. The highest BCUT2D eigenvalue weighted by atomic mass is 32.1. The minimum Gasteiger partial charge on any atom is -0.497 e. The Kier molecular flexibility index (Phi) is 4.72. The Morgan fingerprint density at radius 3 is 2.79 bits per heavy atom. The lowest BCUT2D eigenvalue weighted by Gasteiger charge is -2.01. The number of allylic oxidation sites excluding steroid dienone is 3. The van der Waals surface area contributed by atoms with E-state index < -0.39 is 0 Å². The number of aromatic nitrogens is 3. The van der Waals surface area contributed by atoms with E-state index in [1.54, 1.807) is 23.8 Å². The quantitative estimate of drug-likeness (QED) is 0.570. The van der Waals surface area contributed by atoms with Gasteiger partial charge in [-0.1, -0.05) is 18.2 Å². The summed E-state index contributed by atoms with van der Waals surface area (Å²) in [5.74, 6) is 0.814. The van der Waals surface area contributed by atoms with Crippen molar-refractivity contribution in [2.45, 2.75) is 6.92 Å². The van der Waals surface area contributed by atoms with Crippen LogP contribution < -0.4 is 10.1 Å². The minimum atomic E-state index is -0.266. The summed E-state index contributed by atoms with van der Waals surface area (Å²) in [6.07, 6.45) is 6.71. The SMILES string of the molecule is C/C=C/C=C/C(=O)Nc1nc2scc(-c3ccc(OC)cc3)n2n1. The highest BCUT2D eigenvalue weighted by Gasteiger charge is 2.12. The number of carbonyl (C=O) groups is 1. The first-order valence-corrected chi connectivity index (χ1v) is 8.18. The number of hydrogen-bond donors (Lipinski definition) is 1. The molecule has 3 aromatic rings. The maximum Gasteiger partial charge on any atom is 0.250 e. The van der Waals surface area contributed by atoms with Gasteiger partial charge in [0.25, 0.3) is 11.9 Å². The maximum atomic E-state index is 11.8. The molecule has 2 aromatic heterocycles. The van der Waals surface area contributed by atoms with Crippen molar-refractivity contribution in [2.75, 3.05) is 12.4 Å². The first-order chi connectivity index (χ1) is 11.7. The molecule has 6 nitrogen and oxygen atoms in total. The number of rotatable bonds is 5. The molecular weight excluding hydrogens is 324 g/mol. The zero-order valence-corrected chi connectivity index (χ0v) is 14.1. The highest BCUT2D eigenvalue weighted by Crippen LogP contribution is 2.27. The summed E-state index contributed by atoms with van der Waals surface area (Å²) in [4.78, 5) is 16.8. The van der Waals surface area contributed by atoms with Gasteiger partial charge in [-0.25, -0.2) is 4.52 Å². The van der Waals surface area contributed by atoms with Crippen LogP contribution >= 0.6 is 11.3 Å². The number of hydrogen-bond acceptors (Lipinski definition) is 5. The van der Waals surface area contributed by atoms with Gasteiger partial charge in [0.2, 0.25) is 4.96 Å². The summed E-state index contributed by atoms with van der Waals surface area (Å²) in [5.41, 5.74) is 1.91. The van der Waals surface area contributed by atoms with Crippen molar-refractivity contribution in [1.29, 1.82) is 0 Å². The monoisotopic (exact) mass is 340 g/mol. The molecule has 122 valence electrons. The molecule has 0 spiro atoms. The van der Waals surface area contributed by atoms with Crippen molar-refractivity contribution in [3.05, 3.63) is 53.9 Å². The highest BCUT2D eigenvalue weighted by molar-refractivity contribution is 7.15. The van der Waals surface area contributed by atoms with Crippen LogP contribution in [0.15, 0.2) is 53.9 Å². The molecule has 0 radical (unpaired) electrons. The number of nitrogens with zero attached hydrogens (tertiary/aromatic N) is 3. The fraction of sp³-hybridized carbons (Fsp3) is 0.118. The van der Waals surface area contributed by atoms with Gasteiger partial charge in [-0.15, -0.1) is 16.4 Å². The molecule has 24 heavy (non-hydrogen) atoms. The van der Waals surface area contributed by atoms with Crippen LogP contribution in [0.2, 0.25) is 0 Å². The predicted octanol–water partition coefficient (Wildman–Crippen LogP) is 3.54. The van der Waals surface area contributed by atoms with Gasteiger partial charge in [-0.2, -0.15) is 4.98 Å². The van der Waals surface area contributed by atoms with Crippen molar-refractivity contribution in [3.63, 3.8) is 0 Å². The van der Waals surface area contributed by atoms with E-state index in [0.717, 1.165) is 17.0 Å². The molecule has 0 saturated carbocycles. The summed E-state index contributed by atoms with van der Waals surface area (Å²) in [5, 5.41) is 9.00. The zero-order chi connectivity index (χ0) is 16.9. The van der Waals surface area contributed by atoms with E-state index in [-0.39, 0.29) is 11.9 Å². The molecule has 0 aliphatic heterocycles. The lowest BCUT2D eigenvalue weighted by molar-refractivity contribution is -0.111. The molecule has 0 aliphatic rings. The van der Waals surface area contributed by atoms with Crippen molar-refractivity contribution >= 4 is 28.2 Å². The van der Waals surface area contributed by atoms with E-state index in [2.05, 4.69) is 15.4 Å². The van der Waals surface area contributed by atoms with Crippen LogP contribution in [0.25, 0.3) is 16.2 Å². The number of ether oxygens (including phenoxy) is 1. The Labute approximate surface area is 143 Å². The van der Waals surface area contributed by atoms with Gasteiger partial charge in [0.05, 0.1) is 12.8 Å². The number of benzene rings is 1. The standard InChI is InChI=1S/C17H16N4O2S/c1-3-4-5-6-15(22)18-16-19-17-21(20-16)14(11-24-17)12-7-9-13(23-2)10-8-12/h3-11H,1-2H3,(H,18,20,22)/b4-3+,6-5+. The summed E-state index contributed by atoms with van der Waals surface area (Å²) in [6.45, 7) is 1.88. The molecule has 1 amide bonds. The van der Waals surface area contributed by atoms with Gasteiger partial charge in [-0.05, 0) is 31.2 Å². The lowest BCUT2D eigenvalue weighted by atomic mass is 10.2. The van der Waals surface area contributed by atoms with Crippen LogP contribution in [-0.2, 0) is 4.79 Å². The second kappa shape index (κ2) is 7.10. The van der Waals surface area contributed by atoms with Gasteiger partial charge in [0.15, 0.2) is 0 Å². The van der Waals surface area contributed by atoms with E-state index in [0.29, 0.717) is 4.96 Å². The molecule has 0 bridgehead atoms. The number of anilines is 1. The summed E-state index contributed by atoms with van der Waals surface area (Å²) < 4.78 is 6.89. The topological polar surface area (TPSA) is 68.5 Å². The van der Waals surface area contributed by atoms with Crippen molar-refractivity contribution < 1.29 is 9.53 Å². The molecule has 0 unspecified atom stereocenters. The van der Waals surface area contributed by atoms with Gasteiger partial charge < -0.3 is 4.74 Å². The first kappa shape index (κ1) is 15.9. The molecule has 2 heterocycles. The van der Waals surface area contributed by atoms with Crippen LogP contribution in [0.4, 0.5) is 5.95 Å². The van der Waals surface area contributed by atoms with Gasteiger partial charge >= 0.3 is 0 Å². The molecule has 7 heteroatoms. The Balaban J connectivity index is 1.84. The normalized spacial score (nSPS) is 11.6. The first-order valence-electron chi connectivity index (χ1n) is 7.30. The van der Waals surface area contributed by atoms with Crippen molar-refractivity contribution in [1.82, 2.24) is 14.6 Å². The largest absolute Gasteiger partial charge is 0.497 e. The van der Waals surface area contributed by atoms with Gasteiger partial charge in [0, 0.05) is 17.0 Å². The van der Waals surface area contributed by atoms with E-state index in [1.165, 1.54) is 17.4 Å². The Bertz CT molecular complexity index is 906. The van der Waals surface area contributed by atoms with Crippen molar-refractivity contribution in [2.24, 2.45) is 0 Å². The summed E-state index contributed by atoms with van der Waals surface area (Å²) in [7, 11) is 1.63. The van der Waals surface area contributed by atoms with E-state index in [9.17, 15) is 4.79 Å². The third-order valence-corrected chi connectivity index (χ3v) is 4.07. The Morgan fingerprint density at radius 2 is 2.08 bits per heavy atom. The predicted molar refractivity (Wildman–Crippen MR) is 95.4 cm³/mol. The average Bonchev–Trinajstić information content (AvgIpc) is 3.15. The van der Waals surface area contributed by atoms with Crippen LogP contribution in [0.1, 0.15) is 6.92 Å². The number of methoxy groups -OCH3 is 1. The fourth-order valence-electron chi connectivity index (χ4n) is 2.10. The molecule has 1 aromatic carbocycles. The second-order valence-corrected chi connectivity index (χ2v) is 5.69. The van der Waals surface area contributed by atoms with Crippen LogP contribution in [0, 0.1) is 0 Å². The average molecular weight is 340 g/mol. The Morgan fingerprint density at radius 1 is 1.29 bits per heavy atom. The van der Waals surface area contributed by atoms with Crippen molar-refractivity contribution in [3.8, 4) is 17.0 Å². The molecular formula is C17H16N4O2S. The van der Waals surface area contributed by atoms with Gasteiger partial charge in [0.1, 0.15) is 5.75 Å². The van der Waals surface area contributed by atoms with E-state index >= 15 is 0 Å². The molecule has 0 atom stereocenters. The second-order valence-electron chi connectivity index (χ2n) is 4.85. The number of nitrogens with one attached hydrogen (secondary N) is 1. The summed E-state index contributed by atoms with van der Waals surface area (Å²) >= 11 is 1.47. The minimum absolute atomic E-state index is 0.266. The van der Waals surface area contributed by atoms with Crippen LogP contribution in [0.3, 0.4) is 0 Å². The third kappa shape index (κ3) is 3.36. The van der Waals surface area contributed by atoms with Crippen LogP contribution in [-0.4, -0.2) is 27.6 Å². The molecule has 3 rings (SSSR count). The Hall–Kier alpha value is -2.93. The van der Waals surface area contributed by atoms with Crippen LogP contribution in [0.5, 0.6) is 5.75 Å². The summed E-state index contributed by atoms with van der Waals surface area (Å²) in [6, 6.07) is 7.70. The number of fused-ring (bicyclic) bond motifs is 1. The maximum absolute atomic E-state index is 11.8. The smallest absolute Gasteiger partial charge is 0.250 e. The fourth-order valence-corrected chi connectivity index (χ4v) is 2.93. The van der Waals surface area contributed by atoms with Gasteiger partial charge in [-0.3, -0.25) is 10.1 Å². The zero-order valence-electron chi connectivity index (χ0n) is 13.3. The number of amides is 1. The third-order valence-electron chi connectivity index (χ3n) is 3.25. The lowest BCUT2D eigenvalue weighted by Crippen LogP contribution is -2.09. The molecule has 1 N–H and O–H groups in total. The molecule has 0 aliphatic carbocycles. The van der Waals surface area contributed by atoms with E-state index in [4.69, 9.17) is 4.74 Å². The van der Waals surface area contributed by atoms with E-state index in [1.807, 2.05) is 42.6 Å². The number of carbonyl (C=O) groups excluding carboxylic acids is 1. The molecule has 0 saturated heterocycles.